The molecule has 0 aliphatic carbocycles. The van der Waals surface area contributed by atoms with E-state index < -0.39 is 5.43 Å². The zero-order valence-corrected chi connectivity index (χ0v) is 9.83. The molecule has 4 nitrogen and oxygen atoms in total. The van der Waals surface area contributed by atoms with Crippen LogP contribution >= 0.6 is 0 Å². The third-order valence-electron chi connectivity index (χ3n) is 2.89. The molecule has 1 heterocycles. The molecule has 0 amide bonds. The van der Waals surface area contributed by atoms with Crippen molar-refractivity contribution in [3.63, 3.8) is 0 Å². The Morgan fingerprint density at radius 2 is 1.58 bits per heavy atom. The van der Waals surface area contributed by atoms with Crippen LogP contribution in [0.1, 0.15) is 0 Å². The van der Waals surface area contributed by atoms with Gasteiger partial charge >= 0.3 is 0 Å². The first kappa shape index (κ1) is 11.3. The summed E-state index contributed by atoms with van der Waals surface area (Å²) in [6.07, 6.45) is 0. The first-order valence-electron chi connectivity index (χ1n) is 5.71. The van der Waals surface area contributed by atoms with Gasteiger partial charge in [-0.3, -0.25) is 4.79 Å². The molecule has 1 aromatic heterocycles. The summed E-state index contributed by atoms with van der Waals surface area (Å²) in [4.78, 5) is 12.0. The second-order valence-electron chi connectivity index (χ2n) is 4.15. The molecule has 0 unspecified atom stereocenters. The standard InChI is InChI=1S/C15H10O4/c16-10-6-7-11(17)15-14(10)12(18)8-13(19-15)9-4-2-1-3-5-9/h1-8,16-17H. The van der Waals surface area contributed by atoms with Crippen LogP contribution < -0.4 is 5.43 Å². The molecular weight excluding hydrogens is 244 g/mol. The highest BCUT2D eigenvalue weighted by atomic mass is 16.4. The molecule has 3 aromatic rings. The monoisotopic (exact) mass is 254 g/mol. The molecule has 0 saturated heterocycles. The van der Waals surface area contributed by atoms with E-state index in [2.05, 4.69) is 0 Å². The number of hydrogen-bond acceptors (Lipinski definition) is 4. The largest absolute Gasteiger partial charge is 0.507 e. The Bertz CT molecular complexity index is 803. The van der Waals surface area contributed by atoms with Gasteiger partial charge in [0.05, 0.1) is 0 Å². The molecule has 19 heavy (non-hydrogen) atoms. The molecule has 0 aliphatic rings. The van der Waals surface area contributed by atoms with Gasteiger partial charge in [0.1, 0.15) is 16.9 Å². The van der Waals surface area contributed by atoms with Crippen molar-refractivity contribution >= 4 is 11.0 Å². The normalized spacial score (nSPS) is 10.7. The fourth-order valence-corrected chi connectivity index (χ4v) is 1.98. The topological polar surface area (TPSA) is 70.7 Å². The van der Waals surface area contributed by atoms with Crippen LogP contribution in [0.15, 0.2) is 57.7 Å². The predicted molar refractivity (Wildman–Crippen MR) is 71.2 cm³/mol. The van der Waals surface area contributed by atoms with Crippen molar-refractivity contribution in [3.05, 3.63) is 58.8 Å². The molecule has 0 bridgehead atoms. The number of aromatic hydroxyl groups is 2. The maximum atomic E-state index is 12.0. The second-order valence-corrected chi connectivity index (χ2v) is 4.15. The van der Waals surface area contributed by atoms with E-state index >= 15 is 0 Å². The van der Waals surface area contributed by atoms with Crippen LogP contribution in [-0.2, 0) is 0 Å². The van der Waals surface area contributed by atoms with E-state index in [4.69, 9.17) is 4.42 Å². The number of rotatable bonds is 1. The maximum absolute atomic E-state index is 12.0. The fraction of sp³-hybridized carbons (Fsp3) is 0. The molecule has 2 N–H and O–H groups in total. The highest BCUT2D eigenvalue weighted by Crippen LogP contribution is 2.32. The van der Waals surface area contributed by atoms with Gasteiger partial charge < -0.3 is 14.6 Å². The SMILES string of the molecule is O=c1cc(-c2ccccc2)oc2c(O)ccc(O)c12. The van der Waals surface area contributed by atoms with Gasteiger partial charge in [-0.25, -0.2) is 0 Å². The zero-order chi connectivity index (χ0) is 13.4. The Hall–Kier alpha value is -2.75. The van der Waals surface area contributed by atoms with E-state index in [0.29, 0.717) is 5.76 Å². The number of fused-ring (bicyclic) bond motifs is 1. The van der Waals surface area contributed by atoms with Gasteiger partial charge in [0.15, 0.2) is 16.8 Å². The minimum absolute atomic E-state index is 0.00801. The number of hydrogen-bond donors (Lipinski definition) is 2. The molecule has 0 saturated carbocycles. The number of benzene rings is 2. The summed E-state index contributed by atoms with van der Waals surface area (Å²) in [5.41, 5.74) is 0.323. The van der Waals surface area contributed by atoms with Gasteiger partial charge in [0.2, 0.25) is 0 Å². The second kappa shape index (κ2) is 4.17. The lowest BCUT2D eigenvalue weighted by molar-refractivity contribution is 0.455. The first-order valence-corrected chi connectivity index (χ1v) is 5.71. The van der Waals surface area contributed by atoms with Crippen LogP contribution in [0.4, 0.5) is 0 Å². The minimum Gasteiger partial charge on any atom is -0.507 e. The van der Waals surface area contributed by atoms with Crippen LogP contribution in [0, 0.1) is 0 Å². The van der Waals surface area contributed by atoms with Crippen molar-refractivity contribution in [1.82, 2.24) is 0 Å². The lowest BCUT2D eigenvalue weighted by atomic mass is 10.1. The first-order chi connectivity index (χ1) is 9.16. The summed E-state index contributed by atoms with van der Waals surface area (Å²) in [6, 6.07) is 12.9. The summed E-state index contributed by atoms with van der Waals surface area (Å²) in [5.74, 6) is -0.0390. The molecule has 0 aliphatic heterocycles. The van der Waals surface area contributed by atoms with Gasteiger partial charge in [0.25, 0.3) is 0 Å². The average molecular weight is 254 g/mol. The molecular formula is C15H10O4. The van der Waals surface area contributed by atoms with Crippen molar-refractivity contribution in [2.75, 3.05) is 0 Å². The molecule has 94 valence electrons. The quantitative estimate of drug-likeness (QED) is 0.655. The predicted octanol–water partition coefficient (Wildman–Crippen LogP) is 2.87. The lowest BCUT2D eigenvalue weighted by Gasteiger charge is -2.05. The van der Waals surface area contributed by atoms with E-state index in [0.717, 1.165) is 5.56 Å². The van der Waals surface area contributed by atoms with Crippen molar-refractivity contribution in [2.24, 2.45) is 0 Å². The molecule has 4 heteroatoms. The Labute approximate surface area is 108 Å². The molecule has 0 atom stereocenters. The average Bonchev–Trinajstić information content (AvgIpc) is 2.43. The minimum atomic E-state index is -0.395. The van der Waals surface area contributed by atoms with Crippen LogP contribution in [0.2, 0.25) is 0 Å². The van der Waals surface area contributed by atoms with E-state index in [1.807, 2.05) is 18.2 Å². The van der Waals surface area contributed by atoms with Crippen molar-refractivity contribution in [1.29, 1.82) is 0 Å². The third kappa shape index (κ3) is 1.83. The van der Waals surface area contributed by atoms with E-state index in [-0.39, 0.29) is 22.5 Å². The van der Waals surface area contributed by atoms with Crippen molar-refractivity contribution in [3.8, 4) is 22.8 Å². The molecule has 0 fully saturated rings. The van der Waals surface area contributed by atoms with Crippen LogP contribution in [-0.4, -0.2) is 10.2 Å². The van der Waals surface area contributed by atoms with Gasteiger partial charge in [-0.05, 0) is 12.1 Å². The van der Waals surface area contributed by atoms with E-state index in [9.17, 15) is 15.0 Å². The molecule has 0 spiro atoms. The van der Waals surface area contributed by atoms with E-state index in [1.54, 1.807) is 12.1 Å². The Kier molecular flexibility index (Phi) is 2.49. The van der Waals surface area contributed by atoms with Crippen molar-refractivity contribution in [2.45, 2.75) is 0 Å². The van der Waals surface area contributed by atoms with Crippen LogP contribution in [0.3, 0.4) is 0 Å². The van der Waals surface area contributed by atoms with Gasteiger partial charge in [-0.2, -0.15) is 0 Å². The number of phenolic OH excluding ortho intramolecular Hbond substituents is 2. The molecule has 0 radical (unpaired) electrons. The maximum Gasteiger partial charge on any atom is 0.197 e. The van der Waals surface area contributed by atoms with Crippen molar-refractivity contribution < 1.29 is 14.6 Å². The third-order valence-corrected chi connectivity index (χ3v) is 2.89. The number of phenols is 2. The van der Waals surface area contributed by atoms with Gasteiger partial charge in [-0.1, -0.05) is 30.3 Å². The summed E-state index contributed by atoms with van der Waals surface area (Å²) in [6.45, 7) is 0. The Morgan fingerprint density at radius 1 is 0.895 bits per heavy atom. The summed E-state index contributed by atoms with van der Waals surface area (Å²) < 4.78 is 5.53. The highest BCUT2D eigenvalue weighted by molar-refractivity contribution is 5.88. The van der Waals surface area contributed by atoms with Gasteiger partial charge in [0, 0.05) is 11.6 Å². The molecule has 3 rings (SSSR count). The van der Waals surface area contributed by atoms with E-state index in [1.165, 1.54) is 18.2 Å². The summed E-state index contributed by atoms with van der Waals surface area (Å²) in [7, 11) is 0. The zero-order valence-electron chi connectivity index (χ0n) is 9.83. The van der Waals surface area contributed by atoms with Crippen LogP contribution in [0.5, 0.6) is 11.5 Å². The summed E-state index contributed by atoms with van der Waals surface area (Å²) in [5, 5.41) is 19.4. The Morgan fingerprint density at radius 3 is 2.32 bits per heavy atom. The van der Waals surface area contributed by atoms with Crippen LogP contribution in [0.25, 0.3) is 22.3 Å². The van der Waals surface area contributed by atoms with Gasteiger partial charge in [-0.15, -0.1) is 0 Å². The lowest BCUT2D eigenvalue weighted by Crippen LogP contribution is -2.00. The smallest absolute Gasteiger partial charge is 0.197 e. The summed E-state index contributed by atoms with van der Waals surface area (Å²) >= 11 is 0. The highest BCUT2D eigenvalue weighted by Gasteiger charge is 2.13. The fourth-order valence-electron chi connectivity index (χ4n) is 1.98. The Balaban J connectivity index is 2.38. The molecule has 2 aromatic carbocycles.